The van der Waals surface area contributed by atoms with Crippen molar-refractivity contribution in [2.24, 2.45) is 0 Å². The summed E-state index contributed by atoms with van der Waals surface area (Å²) in [5.74, 6) is -0.363. The topological polar surface area (TPSA) is 17.1 Å². The van der Waals surface area contributed by atoms with E-state index in [4.69, 9.17) is 6.92 Å². The first-order valence-corrected chi connectivity index (χ1v) is 3.07. The number of benzene rings is 1. The van der Waals surface area contributed by atoms with Gasteiger partial charge in [0.2, 0.25) is 0 Å². The van der Waals surface area contributed by atoms with Gasteiger partial charge in [-0.1, -0.05) is 24.3 Å². The van der Waals surface area contributed by atoms with E-state index >= 15 is 0 Å². The van der Waals surface area contributed by atoms with Crippen molar-refractivity contribution >= 4 is 5.78 Å². The predicted octanol–water partition coefficient (Wildman–Crippen LogP) is 1.89. The minimum Gasteiger partial charge on any atom is -0.294 e. The summed E-state index contributed by atoms with van der Waals surface area (Å²) in [5.41, 5.74) is 1.53. The number of hydrogen-bond acceptors (Lipinski definition) is 1. The molecule has 1 rings (SSSR count). The summed E-state index contributed by atoms with van der Waals surface area (Å²) < 4.78 is 0. The van der Waals surface area contributed by atoms with Crippen LogP contribution in [0.2, 0.25) is 0 Å². The highest BCUT2D eigenvalue weighted by Gasteiger charge is 1.99. The highest BCUT2D eigenvalue weighted by atomic mass is 16.1. The van der Waals surface area contributed by atoms with E-state index in [1.165, 1.54) is 0 Å². The van der Waals surface area contributed by atoms with Crippen LogP contribution >= 0.6 is 0 Å². The molecule has 0 bridgehead atoms. The molecule has 0 aliphatic heterocycles. The fraction of sp³-hybridized carbons (Fsp3) is 0.111. The Labute approximate surface area is 60.7 Å². The van der Waals surface area contributed by atoms with E-state index in [9.17, 15) is 4.79 Å². The van der Waals surface area contributed by atoms with Crippen molar-refractivity contribution < 1.29 is 4.79 Å². The lowest BCUT2D eigenvalue weighted by molar-refractivity contribution is 0.104. The maximum absolute atomic E-state index is 10.6. The van der Waals surface area contributed by atoms with Gasteiger partial charge < -0.3 is 0 Å². The lowest BCUT2D eigenvalue weighted by Gasteiger charge is -1.97. The van der Waals surface area contributed by atoms with Crippen molar-refractivity contribution in [1.29, 1.82) is 0 Å². The van der Waals surface area contributed by atoms with Gasteiger partial charge in [-0.05, 0) is 12.5 Å². The molecule has 0 amide bonds. The van der Waals surface area contributed by atoms with Gasteiger partial charge in [0.1, 0.15) is 0 Å². The second kappa shape index (κ2) is 2.65. The van der Waals surface area contributed by atoms with Crippen LogP contribution in [0.3, 0.4) is 0 Å². The molecule has 1 aromatic rings. The number of aryl methyl sites for hydroxylation is 1. The van der Waals surface area contributed by atoms with Gasteiger partial charge in [-0.15, -0.1) is 0 Å². The molecule has 0 spiro atoms. The number of carbonyl (C=O) groups is 1. The predicted molar refractivity (Wildman–Crippen MR) is 39.8 cm³/mol. The molecule has 0 N–H and O–H groups in total. The van der Waals surface area contributed by atoms with Crippen LogP contribution in [0.15, 0.2) is 24.3 Å². The molecule has 0 saturated carbocycles. The van der Waals surface area contributed by atoms with E-state index in [1.807, 2.05) is 19.1 Å². The Balaban J connectivity index is 3.15. The number of ketones is 1. The van der Waals surface area contributed by atoms with Crippen LogP contribution in [0.1, 0.15) is 15.9 Å². The van der Waals surface area contributed by atoms with E-state index in [0.29, 0.717) is 5.56 Å². The molecule has 0 unspecified atom stereocenters. The molecule has 2 radical (unpaired) electrons. The van der Waals surface area contributed by atoms with Crippen molar-refractivity contribution in [2.45, 2.75) is 6.92 Å². The first-order valence-electron chi connectivity index (χ1n) is 3.07. The fourth-order valence-electron chi connectivity index (χ4n) is 0.849. The molecule has 0 heterocycles. The first kappa shape index (κ1) is 7.00. The molecule has 0 aromatic heterocycles. The minimum atomic E-state index is -0.363. The van der Waals surface area contributed by atoms with Gasteiger partial charge in [0.15, 0.2) is 5.78 Å². The molecular formula is C9H8O. The summed E-state index contributed by atoms with van der Waals surface area (Å²) in [6.07, 6.45) is 0. The third kappa shape index (κ3) is 1.24. The summed E-state index contributed by atoms with van der Waals surface area (Å²) in [6.45, 7) is 6.94. The van der Waals surface area contributed by atoms with Gasteiger partial charge >= 0.3 is 0 Å². The average Bonchev–Trinajstić information content (AvgIpc) is 1.88. The van der Waals surface area contributed by atoms with Crippen molar-refractivity contribution in [3.63, 3.8) is 0 Å². The number of rotatable bonds is 1. The summed E-state index contributed by atoms with van der Waals surface area (Å²) in [7, 11) is 0. The van der Waals surface area contributed by atoms with E-state index in [2.05, 4.69) is 0 Å². The van der Waals surface area contributed by atoms with Gasteiger partial charge in [0, 0.05) is 12.5 Å². The fourth-order valence-corrected chi connectivity index (χ4v) is 0.849. The van der Waals surface area contributed by atoms with Crippen LogP contribution in [0, 0.1) is 13.8 Å². The third-order valence-corrected chi connectivity index (χ3v) is 1.41. The Morgan fingerprint density at radius 2 is 2.00 bits per heavy atom. The van der Waals surface area contributed by atoms with Gasteiger partial charge in [0.25, 0.3) is 0 Å². The van der Waals surface area contributed by atoms with Crippen LogP contribution in [-0.4, -0.2) is 5.78 Å². The molecule has 0 fully saturated rings. The lowest BCUT2D eigenvalue weighted by Crippen LogP contribution is -1.94. The van der Waals surface area contributed by atoms with Gasteiger partial charge in [-0.25, -0.2) is 0 Å². The Bertz CT molecular complexity index is 251. The van der Waals surface area contributed by atoms with Crippen molar-refractivity contribution in [3.05, 3.63) is 42.3 Å². The molecule has 0 aliphatic rings. The summed E-state index contributed by atoms with van der Waals surface area (Å²) in [5, 5.41) is 0. The molecule has 10 heavy (non-hydrogen) atoms. The Hall–Kier alpha value is -1.11. The Kier molecular flexibility index (Phi) is 1.86. The van der Waals surface area contributed by atoms with Gasteiger partial charge in [-0.3, -0.25) is 4.79 Å². The summed E-state index contributed by atoms with van der Waals surface area (Å²) >= 11 is 0. The number of Topliss-reactive ketones (excluding diaryl/α,β-unsaturated/α-hetero) is 1. The molecule has 50 valence electrons. The van der Waals surface area contributed by atoms with Crippen LogP contribution in [0.4, 0.5) is 0 Å². The van der Waals surface area contributed by atoms with E-state index in [1.54, 1.807) is 12.1 Å². The zero-order valence-electron chi connectivity index (χ0n) is 5.79. The molecule has 1 aromatic carbocycles. The average molecular weight is 132 g/mol. The molecule has 1 heteroatoms. The van der Waals surface area contributed by atoms with Crippen LogP contribution < -0.4 is 0 Å². The van der Waals surface area contributed by atoms with E-state index in [-0.39, 0.29) is 5.78 Å². The van der Waals surface area contributed by atoms with Crippen LogP contribution in [0.5, 0.6) is 0 Å². The molecule has 1 nitrogen and oxygen atoms in total. The highest BCUT2D eigenvalue weighted by molar-refractivity contribution is 6.00. The Morgan fingerprint density at radius 3 is 2.40 bits per heavy atom. The molecule has 0 aliphatic carbocycles. The van der Waals surface area contributed by atoms with Gasteiger partial charge in [-0.2, -0.15) is 0 Å². The third-order valence-electron chi connectivity index (χ3n) is 1.41. The van der Waals surface area contributed by atoms with Crippen molar-refractivity contribution in [3.8, 4) is 0 Å². The standard InChI is InChI=1S/C9H8O/c1-7-5-3-4-6-9(7)8(2)10/h2-6H,1H3. The smallest absolute Gasteiger partial charge is 0.167 e. The normalized spacial score (nSPS) is 9.40. The second-order valence-electron chi connectivity index (χ2n) is 2.18. The van der Waals surface area contributed by atoms with E-state index in [0.717, 1.165) is 5.56 Å². The van der Waals surface area contributed by atoms with Crippen LogP contribution in [0.25, 0.3) is 0 Å². The molecular weight excluding hydrogens is 124 g/mol. The lowest BCUT2D eigenvalue weighted by atomic mass is 10.1. The summed E-state index contributed by atoms with van der Waals surface area (Å²) in [4.78, 5) is 10.6. The SMILES string of the molecule is [CH]C(=O)c1ccccc1C. The second-order valence-corrected chi connectivity index (χ2v) is 2.18. The number of hydrogen-bond donors (Lipinski definition) is 0. The molecule has 0 atom stereocenters. The van der Waals surface area contributed by atoms with Crippen LogP contribution in [-0.2, 0) is 0 Å². The summed E-state index contributed by atoms with van der Waals surface area (Å²) in [6, 6.07) is 7.26. The maximum Gasteiger partial charge on any atom is 0.167 e. The first-order chi connectivity index (χ1) is 4.72. The monoisotopic (exact) mass is 132 g/mol. The number of carbonyl (C=O) groups excluding carboxylic acids is 1. The van der Waals surface area contributed by atoms with Crippen molar-refractivity contribution in [2.75, 3.05) is 0 Å². The Morgan fingerprint density at radius 1 is 1.40 bits per heavy atom. The van der Waals surface area contributed by atoms with E-state index < -0.39 is 0 Å². The van der Waals surface area contributed by atoms with Crippen molar-refractivity contribution in [1.82, 2.24) is 0 Å². The zero-order valence-corrected chi connectivity index (χ0v) is 5.79. The zero-order chi connectivity index (χ0) is 7.56. The largest absolute Gasteiger partial charge is 0.294 e. The van der Waals surface area contributed by atoms with Gasteiger partial charge in [0.05, 0.1) is 0 Å². The highest BCUT2D eigenvalue weighted by Crippen LogP contribution is 2.06. The molecule has 0 saturated heterocycles. The quantitative estimate of drug-likeness (QED) is 0.533. The maximum atomic E-state index is 10.6. The minimum absolute atomic E-state index is 0.363.